The zero-order valence-electron chi connectivity index (χ0n) is 29.3. The molecule has 260 valence electrons. The minimum atomic E-state index is -2.67. The molecule has 2 heterocycles. The molecule has 1 atom stereocenters. The van der Waals surface area contributed by atoms with Crippen molar-refractivity contribution in [2.24, 2.45) is 5.41 Å². The molecular formula is C37H48F2N4O5. The number of piperidine rings is 1. The smallest absolute Gasteiger partial charge is 0.419 e. The summed E-state index contributed by atoms with van der Waals surface area (Å²) in [4.78, 5) is 27.9. The quantitative estimate of drug-likeness (QED) is 0.188. The number of rotatable bonds is 8. The van der Waals surface area contributed by atoms with Gasteiger partial charge in [0, 0.05) is 54.8 Å². The van der Waals surface area contributed by atoms with Crippen molar-refractivity contribution in [3.8, 4) is 11.8 Å². The van der Waals surface area contributed by atoms with Crippen LogP contribution < -0.4 is 10.1 Å². The average Bonchev–Trinajstić information content (AvgIpc) is 3.48. The lowest BCUT2D eigenvalue weighted by atomic mass is 9.58. The van der Waals surface area contributed by atoms with Crippen LogP contribution in [0.3, 0.4) is 0 Å². The number of halogens is 2. The number of nitrogens with zero attached hydrogens (tertiary/aromatic N) is 3. The van der Waals surface area contributed by atoms with Gasteiger partial charge in [0.1, 0.15) is 11.4 Å². The van der Waals surface area contributed by atoms with E-state index in [4.69, 9.17) is 19.5 Å². The van der Waals surface area contributed by atoms with E-state index in [1.807, 2.05) is 59.7 Å². The van der Waals surface area contributed by atoms with Gasteiger partial charge in [0.15, 0.2) is 0 Å². The Morgan fingerprint density at radius 2 is 1.83 bits per heavy atom. The largest absolute Gasteiger partial charge is 0.496 e. The first-order chi connectivity index (χ1) is 22.7. The number of carbonyl (C=O) groups is 2. The van der Waals surface area contributed by atoms with Gasteiger partial charge in [-0.1, -0.05) is 19.9 Å². The van der Waals surface area contributed by atoms with Gasteiger partial charge in [-0.15, -0.1) is 0 Å². The van der Waals surface area contributed by atoms with Crippen molar-refractivity contribution < 1.29 is 32.6 Å². The van der Waals surface area contributed by atoms with E-state index in [9.17, 15) is 18.4 Å². The minimum absolute atomic E-state index is 0.154. The maximum Gasteiger partial charge on any atom is 0.419 e. The van der Waals surface area contributed by atoms with Crippen molar-refractivity contribution >= 4 is 28.7 Å². The van der Waals surface area contributed by atoms with Gasteiger partial charge in [0.05, 0.1) is 37.8 Å². The number of methoxy groups -OCH3 is 2. The number of nitriles is 1. The third kappa shape index (κ3) is 7.75. The molecular weight excluding hydrogens is 618 g/mol. The Morgan fingerprint density at radius 3 is 2.44 bits per heavy atom. The molecule has 1 saturated heterocycles. The van der Waals surface area contributed by atoms with E-state index in [1.165, 1.54) is 11.7 Å². The summed E-state index contributed by atoms with van der Waals surface area (Å²) in [6, 6.07) is 10.9. The molecule has 0 radical (unpaired) electrons. The Morgan fingerprint density at radius 1 is 1.12 bits per heavy atom. The number of esters is 1. The Balaban J connectivity index is 0.00000255. The molecule has 1 aromatic heterocycles. The number of fused-ring (bicyclic) bond motifs is 1. The molecule has 2 fully saturated rings. The van der Waals surface area contributed by atoms with Crippen molar-refractivity contribution in [2.45, 2.75) is 97.8 Å². The number of likely N-dealkylation sites (tertiary alicyclic amines) is 1. The molecule has 1 unspecified atom stereocenters. The molecule has 2 aliphatic rings. The van der Waals surface area contributed by atoms with E-state index < -0.39 is 29.0 Å². The van der Waals surface area contributed by atoms with E-state index in [0.29, 0.717) is 49.5 Å². The first-order valence-corrected chi connectivity index (χ1v) is 16.6. The fourth-order valence-electron chi connectivity index (χ4n) is 7.11. The van der Waals surface area contributed by atoms with Crippen LogP contribution in [0.4, 0.5) is 19.3 Å². The second kappa shape index (κ2) is 14.5. The monoisotopic (exact) mass is 666 g/mol. The fraction of sp³-hybridized carbons (Fsp3) is 0.541. The zero-order valence-corrected chi connectivity index (χ0v) is 29.3. The number of ether oxygens (including phenoxy) is 3. The van der Waals surface area contributed by atoms with Crippen LogP contribution in [0, 0.1) is 23.7 Å². The number of anilines is 1. The molecule has 1 saturated carbocycles. The summed E-state index contributed by atoms with van der Waals surface area (Å²) in [5, 5.41) is 13.3. The number of aryl methyl sites for hydroxylation is 1. The summed E-state index contributed by atoms with van der Waals surface area (Å²) in [7, 11) is 2.92. The second-order valence-electron chi connectivity index (χ2n) is 13.6. The van der Waals surface area contributed by atoms with Crippen LogP contribution >= 0.6 is 0 Å². The Kier molecular flexibility index (Phi) is 11.1. The lowest BCUT2D eigenvalue weighted by molar-refractivity contribution is -0.186. The summed E-state index contributed by atoms with van der Waals surface area (Å²) in [5.41, 5.74) is 3.13. The van der Waals surface area contributed by atoms with Crippen molar-refractivity contribution in [2.75, 3.05) is 32.6 Å². The fourth-order valence-corrected chi connectivity index (χ4v) is 7.11. The molecule has 11 heteroatoms. The van der Waals surface area contributed by atoms with Crippen LogP contribution in [0.25, 0.3) is 10.9 Å². The summed E-state index contributed by atoms with van der Waals surface area (Å²) < 4.78 is 46.6. The average molecular weight is 667 g/mol. The summed E-state index contributed by atoms with van der Waals surface area (Å²) >= 11 is 0. The van der Waals surface area contributed by atoms with Gasteiger partial charge >= 0.3 is 12.1 Å². The third-order valence-electron chi connectivity index (χ3n) is 9.05. The number of nitrogens with one attached hydrogen (secondary N) is 1. The first kappa shape index (κ1) is 36.7. The number of hydrogen-bond acceptors (Lipinski definition) is 8. The van der Waals surface area contributed by atoms with Crippen LogP contribution in [0.5, 0.6) is 5.75 Å². The van der Waals surface area contributed by atoms with Crippen molar-refractivity contribution in [1.29, 1.82) is 5.26 Å². The first-order valence-electron chi connectivity index (χ1n) is 16.6. The van der Waals surface area contributed by atoms with E-state index in [1.54, 1.807) is 25.4 Å². The third-order valence-corrected chi connectivity index (χ3v) is 9.05. The van der Waals surface area contributed by atoms with E-state index in [2.05, 4.69) is 16.3 Å². The van der Waals surface area contributed by atoms with Gasteiger partial charge in [-0.05, 0) is 87.9 Å². The molecule has 5 rings (SSSR count). The number of benzene rings is 2. The van der Waals surface area contributed by atoms with Gasteiger partial charge in [-0.2, -0.15) is 5.26 Å². The highest BCUT2D eigenvalue weighted by Gasteiger charge is 2.58. The molecule has 3 aromatic rings. The molecule has 1 spiro atoms. The predicted molar refractivity (Wildman–Crippen MR) is 182 cm³/mol. The Labute approximate surface area is 282 Å². The second-order valence-corrected chi connectivity index (χ2v) is 13.6. The normalized spacial score (nSPS) is 18.2. The van der Waals surface area contributed by atoms with Crippen molar-refractivity contribution in [1.82, 2.24) is 9.47 Å². The number of carbonyl (C=O) groups excluding carboxylic acids is 2. The van der Waals surface area contributed by atoms with E-state index >= 15 is 0 Å². The lowest BCUT2D eigenvalue weighted by Gasteiger charge is -2.55. The summed E-state index contributed by atoms with van der Waals surface area (Å²) in [6.07, 6.45) is 2.29. The topological polar surface area (TPSA) is 106 Å². The van der Waals surface area contributed by atoms with Gasteiger partial charge in [-0.25, -0.2) is 18.4 Å². The molecule has 1 aliphatic heterocycles. The molecule has 9 nitrogen and oxygen atoms in total. The van der Waals surface area contributed by atoms with E-state index in [-0.39, 0.29) is 25.3 Å². The predicted octanol–water partition coefficient (Wildman–Crippen LogP) is 8.63. The number of alkyl halides is 2. The SMILES string of the molecule is CC.COC(=O)c1ccc(C2CC3(CCN2Cc2c(OC)cc(C)c4c2ccn4C(=O)OC(C)(C)C)CC(F)(F)C3)c(NCCC#N)c1. The van der Waals surface area contributed by atoms with Crippen LogP contribution in [-0.4, -0.2) is 60.4 Å². The van der Waals surface area contributed by atoms with Gasteiger partial charge < -0.3 is 19.5 Å². The highest BCUT2D eigenvalue weighted by atomic mass is 19.3. The van der Waals surface area contributed by atoms with Crippen LogP contribution in [0.15, 0.2) is 36.5 Å². The van der Waals surface area contributed by atoms with Crippen LogP contribution in [-0.2, 0) is 16.0 Å². The molecule has 0 bridgehead atoms. The Bertz CT molecular complexity index is 1680. The zero-order chi connectivity index (χ0) is 35.4. The van der Waals surface area contributed by atoms with Gasteiger partial charge in [0.2, 0.25) is 5.92 Å². The van der Waals surface area contributed by atoms with Gasteiger partial charge in [-0.3, -0.25) is 9.47 Å². The maximum absolute atomic E-state index is 14.3. The lowest BCUT2D eigenvalue weighted by Crippen LogP contribution is -2.53. The molecule has 1 N–H and O–H groups in total. The van der Waals surface area contributed by atoms with Crippen molar-refractivity contribution in [3.05, 3.63) is 58.8 Å². The molecule has 0 amide bonds. The Hall–Kier alpha value is -4.17. The van der Waals surface area contributed by atoms with Crippen LogP contribution in [0.2, 0.25) is 0 Å². The van der Waals surface area contributed by atoms with E-state index in [0.717, 1.165) is 27.6 Å². The van der Waals surface area contributed by atoms with Gasteiger partial charge in [0.25, 0.3) is 0 Å². The summed E-state index contributed by atoms with van der Waals surface area (Å²) in [5.74, 6) is -2.51. The summed E-state index contributed by atoms with van der Waals surface area (Å²) in [6.45, 7) is 12.7. The molecule has 1 aliphatic carbocycles. The standard InChI is InChI=1S/C35H42F2N4O5.C2H6/c1-22-16-29(44-5)26(24-10-14-41(30(22)24)32(43)46-33(2,3)4)19-40-15-11-34(20-35(36,37)21-34)18-28(40)25-9-8-23(31(42)45-6)17-27(25)39-13-7-12-38;1-2/h8-10,14,16-17,28,39H,7,11,13,15,18-21H2,1-6H3;1-2H3. The molecule has 48 heavy (non-hydrogen) atoms. The number of hydrogen-bond donors (Lipinski definition) is 1. The highest BCUT2D eigenvalue weighted by Crippen LogP contribution is 2.61. The minimum Gasteiger partial charge on any atom is -0.496 e. The highest BCUT2D eigenvalue weighted by molar-refractivity contribution is 5.95. The molecule has 2 aromatic carbocycles. The van der Waals surface area contributed by atoms with Crippen molar-refractivity contribution in [3.63, 3.8) is 0 Å². The van der Waals surface area contributed by atoms with Crippen LogP contribution in [0.1, 0.15) is 99.8 Å². The number of aromatic nitrogens is 1. The maximum atomic E-state index is 14.3.